The lowest BCUT2D eigenvalue weighted by molar-refractivity contribution is 0.0747. The molecule has 164 valence electrons. The number of carbonyl (C=O) groups excluding carboxylic acids is 2. The van der Waals surface area contributed by atoms with Crippen LogP contribution in [0.5, 0.6) is 0 Å². The van der Waals surface area contributed by atoms with E-state index in [-0.39, 0.29) is 29.7 Å². The van der Waals surface area contributed by atoms with Gasteiger partial charge >= 0.3 is 0 Å². The minimum atomic E-state index is -0.484. The van der Waals surface area contributed by atoms with Gasteiger partial charge in [0.25, 0.3) is 11.8 Å². The summed E-state index contributed by atoms with van der Waals surface area (Å²) < 4.78 is 13.1. The Morgan fingerprint density at radius 3 is 2.41 bits per heavy atom. The average Bonchev–Trinajstić information content (AvgIpc) is 3.10. The van der Waals surface area contributed by atoms with Gasteiger partial charge < -0.3 is 10.2 Å². The highest BCUT2D eigenvalue weighted by Crippen LogP contribution is 2.28. The highest BCUT2D eigenvalue weighted by molar-refractivity contribution is 6.04. The van der Waals surface area contributed by atoms with Crippen LogP contribution in [-0.2, 0) is 6.54 Å². The number of nitrogens with zero attached hydrogens (tertiary/aromatic N) is 3. The lowest BCUT2D eigenvalue weighted by atomic mass is 9.92. The topological polar surface area (TPSA) is 75.2 Å². The van der Waals surface area contributed by atoms with Gasteiger partial charge in [0, 0.05) is 32.0 Å². The molecule has 0 bridgehead atoms. The molecule has 1 atom stereocenters. The molecule has 1 aliphatic rings. The Morgan fingerprint density at radius 2 is 1.66 bits per heavy atom. The maximum absolute atomic E-state index is 13.2. The second-order valence-corrected chi connectivity index (χ2v) is 7.89. The molecule has 4 rings (SSSR count). The monoisotopic (exact) mass is 432 g/mol. The Balaban J connectivity index is 1.43. The Morgan fingerprint density at radius 1 is 0.938 bits per heavy atom. The third kappa shape index (κ3) is 5.17. The fourth-order valence-corrected chi connectivity index (χ4v) is 4.04. The summed E-state index contributed by atoms with van der Waals surface area (Å²) in [5.74, 6) is -0.690. The van der Waals surface area contributed by atoms with Crippen LogP contribution in [0.4, 0.5) is 4.39 Å². The molecular formula is C25H25FN4O2. The van der Waals surface area contributed by atoms with Gasteiger partial charge in [0.15, 0.2) is 11.4 Å². The molecule has 0 radical (unpaired) electrons. The number of halogens is 1. The fourth-order valence-electron chi connectivity index (χ4n) is 4.04. The van der Waals surface area contributed by atoms with Crippen molar-refractivity contribution in [3.8, 4) is 0 Å². The Bertz CT molecular complexity index is 1070. The van der Waals surface area contributed by atoms with Crippen molar-refractivity contribution in [2.45, 2.75) is 31.7 Å². The van der Waals surface area contributed by atoms with Crippen LogP contribution in [-0.4, -0.2) is 39.8 Å². The van der Waals surface area contributed by atoms with Crippen LogP contribution in [0.3, 0.4) is 0 Å². The number of hydrogen-bond acceptors (Lipinski definition) is 4. The van der Waals surface area contributed by atoms with Crippen molar-refractivity contribution in [2.24, 2.45) is 0 Å². The maximum atomic E-state index is 13.2. The maximum Gasteiger partial charge on any atom is 0.274 e. The number of aromatic nitrogens is 2. The zero-order valence-corrected chi connectivity index (χ0v) is 17.7. The summed E-state index contributed by atoms with van der Waals surface area (Å²) in [6, 6.07) is 16.2. The van der Waals surface area contributed by atoms with Crippen molar-refractivity contribution in [2.75, 3.05) is 13.1 Å². The third-order valence-electron chi connectivity index (χ3n) is 5.77. The molecule has 0 spiro atoms. The van der Waals surface area contributed by atoms with Crippen molar-refractivity contribution in [3.63, 3.8) is 0 Å². The highest BCUT2D eigenvalue weighted by Gasteiger charge is 2.27. The van der Waals surface area contributed by atoms with Crippen LogP contribution >= 0.6 is 0 Å². The first kappa shape index (κ1) is 21.6. The van der Waals surface area contributed by atoms with Crippen molar-refractivity contribution in [3.05, 3.63) is 95.3 Å². The average molecular weight is 432 g/mol. The van der Waals surface area contributed by atoms with Crippen molar-refractivity contribution in [1.29, 1.82) is 0 Å². The molecule has 1 fully saturated rings. The largest absolute Gasteiger partial charge is 0.347 e. The second-order valence-electron chi connectivity index (χ2n) is 7.89. The molecule has 0 aliphatic carbocycles. The van der Waals surface area contributed by atoms with E-state index < -0.39 is 5.91 Å². The summed E-state index contributed by atoms with van der Waals surface area (Å²) in [6.07, 6.45) is 5.59. The van der Waals surface area contributed by atoms with Crippen LogP contribution in [0.15, 0.2) is 67.0 Å². The van der Waals surface area contributed by atoms with Crippen LogP contribution in [0, 0.1) is 5.82 Å². The smallest absolute Gasteiger partial charge is 0.274 e. The molecule has 1 aromatic heterocycles. The highest BCUT2D eigenvalue weighted by atomic mass is 19.1. The lowest BCUT2D eigenvalue weighted by Crippen LogP contribution is -2.35. The first-order valence-electron chi connectivity index (χ1n) is 10.8. The van der Waals surface area contributed by atoms with E-state index >= 15 is 0 Å². The summed E-state index contributed by atoms with van der Waals surface area (Å²) in [5, 5.41) is 2.74. The Kier molecular flexibility index (Phi) is 6.84. The van der Waals surface area contributed by atoms with Crippen LogP contribution in [0.25, 0.3) is 0 Å². The second kappa shape index (κ2) is 10.1. The van der Waals surface area contributed by atoms with Gasteiger partial charge in [-0.05, 0) is 48.4 Å². The van der Waals surface area contributed by atoms with E-state index in [4.69, 9.17) is 0 Å². The normalized spacial score (nSPS) is 16.3. The number of nitrogens with one attached hydrogen (secondary N) is 1. The predicted molar refractivity (Wildman–Crippen MR) is 119 cm³/mol. The quantitative estimate of drug-likeness (QED) is 0.662. The van der Waals surface area contributed by atoms with E-state index in [1.807, 2.05) is 18.2 Å². The zero-order chi connectivity index (χ0) is 22.3. The van der Waals surface area contributed by atoms with Crippen LogP contribution in [0.1, 0.15) is 57.3 Å². The lowest BCUT2D eigenvalue weighted by Gasteiger charge is -2.21. The Hall–Kier alpha value is -3.61. The molecule has 1 saturated heterocycles. The molecule has 3 aromatic rings. The standard InChI is InChI=1S/C25H25FN4O2/c26-21-10-8-18(9-11-21)17-29-24(31)22-23(28-14-13-27-22)25(32)30-15-4-7-20(12-16-30)19-5-2-1-3-6-19/h1-3,5-6,8-11,13-14,20H,4,7,12,15-17H2,(H,29,31). The molecule has 1 unspecified atom stereocenters. The van der Waals surface area contributed by atoms with Gasteiger partial charge in [-0.15, -0.1) is 0 Å². The molecular weight excluding hydrogens is 407 g/mol. The Labute approximate surface area is 186 Å². The summed E-state index contributed by atoms with van der Waals surface area (Å²) in [5.41, 5.74) is 2.10. The van der Waals surface area contributed by atoms with Crippen molar-refractivity contribution < 1.29 is 14.0 Å². The number of amides is 2. The molecule has 2 aromatic carbocycles. The first-order valence-corrected chi connectivity index (χ1v) is 10.8. The summed E-state index contributed by atoms with van der Waals surface area (Å²) in [6.45, 7) is 1.42. The fraction of sp³-hybridized carbons (Fsp3) is 0.280. The number of benzene rings is 2. The molecule has 7 heteroatoms. The third-order valence-corrected chi connectivity index (χ3v) is 5.77. The minimum Gasteiger partial charge on any atom is -0.347 e. The van der Waals surface area contributed by atoms with Gasteiger partial charge in [0.1, 0.15) is 5.82 Å². The summed E-state index contributed by atoms with van der Waals surface area (Å²) in [7, 11) is 0. The molecule has 1 N–H and O–H groups in total. The molecule has 2 amide bonds. The van der Waals surface area contributed by atoms with Gasteiger partial charge in [-0.2, -0.15) is 0 Å². The molecule has 0 saturated carbocycles. The van der Waals surface area contributed by atoms with E-state index in [0.29, 0.717) is 19.0 Å². The molecule has 32 heavy (non-hydrogen) atoms. The SMILES string of the molecule is O=C(NCc1ccc(F)cc1)c1nccnc1C(=O)N1CCCC(c2ccccc2)CC1. The number of carbonyl (C=O) groups is 2. The summed E-state index contributed by atoms with van der Waals surface area (Å²) >= 11 is 0. The summed E-state index contributed by atoms with van der Waals surface area (Å²) in [4.78, 5) is 36.1. The van der Waals surface area contributed by atoms with Gasteiger partial charge in [0.05, 0.1) is 0 Å². The van der Waals surface area contributed by atoms with Gasteiger partial charge in [-0.3, -0.25) is 9.59 Å². The van der Waals surface area contributed by atoms with E-state index in [9.17, 15) is 14.0 Å². The van der Waals surface area contributed by atoms with Crippen molar-refractivity contribution in [1.82, 2.24) is 20.2 Å². The number of rotatable bonds is 5. The van der Waals surface area contributed by atoms with E-state index in [1.54, 1.807) is 17.0 Å². The van der Waals surface area contributed by atoms with E-state index in [2.05, 4.69) is 27.4 Å². The number of likely N-dealkylation sites (tertiary alicyclic amines) is 1. The van der Waals surface area contributed by atoms with Crippen LogP contribution < -0.4 is 5.32 Å². The van der Waals surface area contributed by atoms with Crippen LogP contribution in [0.2, 0.25) is 0 Å². The molecule has 2 heterocycles. The van der Waals surface area contributed by atoms with E-state index in [1.165, 1.54) is 30.1 Å². The van der Waals surface area contributed by atoms with Gasteiger partial charge in [-0.25, -0.2) is 14.4 Å². The van der Waals surface area contributed by atoms with Gasteiger partial charge in [-0.1, -0.05) is 42.5 Å². The van der Waals surface area contributed by atoms with Gasteiger partial charge in [0.2, 0.25) is 0 Å². The zero-order valence-electron chi connectivity index (χ0n) is 17.7. The number of hydrogen-bond donors (Lipinski definition) is 1. The minimum absolute atomic E-state index is 0.00321. The molecule has 1 aliphatic heterocycles. The first-order chi connectivity index (χ1) is 15.6. The van der Waals surface area contributed by atoms with E-state index in [0.717, 1.165) is 24.8 Å². The van der Waals surface area contributed by atoms with Crippen molar-refractivity contribution >= 4 is 11.8 Å². The predicted octanol–water partition coefficient (Wildman–Crippen LogP) is 3.96. The molecule has 6 nitrogen and oxygen atoms in total.